The minimum Gasteiger partial charge on any atom is -0.469 e. The number of nitrogens with zero attached hydrogens (tertiary/aromatic N) is 2. The van der Waals surface area contributed by atoms with E-state index in [0.717, 1.165) is 12.8 Å². The zero-order valence-corrected chi connectivity index (χ0v) is 14.1. The third kappa shape index (κ3) is 2.93. The maximum atomic E-state index is 12.3. The Morgan fingerprint density at radius 1 is 1.19 bits per heavy atom. The monoisotopic (exact) mass is 296 g/mol. The Bertz CT molecular complexity index is 427. The molecular weight excluding hydrogens is 268 g/mol. The molecule has 0 N–H and O–H groups in total. The van der Waals surface area contributed by atoms with E-state index in [-0.39, 0.29) is 34.9 Å². The lowest BCUT2D eigenvalue weighted by Crippen LogP contribution is -2.62. The predicted octanol–water partition coefficient (Wildman–Crippen LogP) is 1.66. The van der Waals surface area contributed by atoms with Gasteiger partial charge in [0.2, 0.25) is 5.91 Å². The minimum absolute atomic E-state index is 0.0377. The molecule has 2 fully saturated rings. The van der Waals surface area contributed by atoms with Crippen LogP contribution >= 0.6 is 0 Å². The lowest BCUT2D eigenvalue weighted by Gasteiger charge is -2.55. The lowest BCUT2D eigenvalue weighted by atomic mass is 9.77. The smallest absolute Gasteiger partial charge is 0.310 e. The molecule has 1 atom stereocenters. The van der Waals surface area contributed by atoms with Crippen LogP contribution in [-0.4, -0.2) is 59.5 Å². The summed E-state index contributed by atoms with van der Waals surface area (Å²) in [5, 5.41) is 0. The fourth-order valence-corrected chi connectivity index (χ4v) is 3.95. The van der Waals surface area contributed by atoms with Gasteiger partial charge < -0.3 is 9.64 Å². The van der Waals surface area contributed by atoms with Gasteiger partial charge in [0, 0.05) is 30.1 Å². The number of carbonyl (C=O) groups excluding carboxylic acids is 2. The molecule has 5 nitrogen and oxygen atoms in total. The first-order valence-corrected chi connectivity index (χ1v) is 7.70. The number of amides is 1. The van der Waals surface area contributed by atoms with Crippen molar-refractivity contribution in [1.82, 2.24) is 9.80 Å². The highest BCUT2D eigenvalue weighted by Gasteiger charge is 2.48. The largest absolute Gasteiger partial charge is 0.469 e. The topological polar surface area (TPSA) is 49.9 Å². The van der Waals surface area contributed by atoms with E-state index in [1.54, 1.807) is 0 Å². The first-order chi connectivity index (χ1) is 9.58. The molecule has 21 heavy (non-hydrogen) atoms. The highest BCUT2D eigenvalue weighted by atomic mass is 16.5. The average molecular weight is 296 g/mol. The molecule has 0 radical (unpaired) electrons. The molecule has 0 aromatic rings. The van der Waals surface area contributed by atoms with Crippen LogP contribution in [0.1, 0.15) is 47.0 Å². The second-order valence-corrected chi connectivity index (χ2v) is 7.72. The number of methoxy groups -OCH3 is 1. The van der Waals surface area contributed by atoms with E-state index in [2.05, 4.69) is 39.6 Å². The van der Waals surface area contributed by atoms with Gasteiger partial charge >= 0.3 is 5.97 Å². The van der Waals surface area contributed by atoms with E-state index in [1.165, 1.54) is 7.11 Å². The van der Waals surface area contributed by atoms with Gasteiger partial charge in [-0.05, 0) is 47.6 Å². The van der Waals surface area contributed by atoms with Crippen LogP contribution in [0.4, 0.5) is 0 Å². The molecular formula is C16H28N2O3. The van der Waals surface area contributed by atoms with E-state index in [9.17, 15) is 9.59 Å². The van der Waals surface area contributed by atoms with Crippen LogP contribution in [-0.2, 0) is 14.3 Å². The van der Waals surface area contributed by atoms with Crippen LogP contribution in [0.2, 0.25) is 0 Å². The van der Waals surface area contributed by atoms with Crippen LogP contribution in [0.15, 0.2) is 0 Å². The van der Waals surface area contributed by atoms with E-state index < -0.39 is 0 Å². The zero-order chi connectivity index (χ0) is 16.0. The normalized spacial score (nSPS) is 29.7. The van der Waals surface area contributed by atoms with Gasteiger partial charge in [-0.1, -0.05) is 0 Å². The van der Waals surface area contributed by atoms with Crippen molar-refractivity contribution in [3.8, 4) is 0 Å². The highest BCUT2D eigenvalue weighted by Crippen LogP contribution is 2.40. The molecule has 1 amide bonds. The first-order valence-electron chi connectivity index (χ1n) is 7.70. The summed E-state index contributed by atoms with van der Waals surface area (Å²) >= 11 is 0. The Morgan fingerprint density at radius 2 is 1.71 bits per heavy atom. The third-order valence-electron chi connectivity index (χ3n) is 5.42. The van der Waals surface area contributed by atoms with Crippen LogP contribution in [0, 0.1) is 5.92 Å². The number of likely N-dealkylation sites (tertiary alicyclic amines) is 2. The van der Waals surface area contributed by atoms with Crippen molar-refractivity contribution in [1.29, 1.82) is 0 Å². The summed E-state index contributed by atoms with van der Waals surface area (Å²) in [7, 11) is 3.54. The van der Waals surface area contributed by atoms with Crippen LogP contribution < -0.4 is 0 Å². The van der Waals surface area contributed by atoms with Crippen molar-refractivity contribution in [3.05, 3.63) is 0 Å². The van der Waals surface area contributed by atoms with Crippen LogP contribution in [0.5, 0.6) is 0 Å². The summed E-state index contributed by atoms with van der Waals surface area (Å²) in [6, 6.07) is 0.202. The first kappa shape index (κ1) is 16.3. The maximum Gasteiger partial charge on any atom is 0.310 e. The van der Waals surface area contributed by atoms with Crippen molar-refractivity contribution in [2.75, 3.05) is 20.7 Å². The van der Waals surface area contributed by atoms with E-state index in [0.29, 0.717) is 13.0 Å². The fourth-order valence-electron chi connectivity index (χ4n) is 3.95. The van der Waals surface area contributed by atoms with Crippen molar-refractivity contribution in [3.63, 3.8) is 0 Å². The molecule has 2 saturated heterocycles. The van der Waals surface area contributed by atoms with E-state index >= 15 is 0 Å². The summed E-state index contributed by atoms with van der Waals surface area (Å²) in [6.45, 7) is 9.39. The standard InChI is InChI=1S/C16H28N2O3/c1-15(2)8-12(9-16(3,4)17(15)5)18-10-11(7-13(18)19)14(20)21-6/h11-12H,7-10H2,1-6H3. The van der Waals surface area contributed by atoms with Gasteiger partial charge in [0.25, 0.3) is 0 Å². The molecule has 2 aliphatic heterocycles. The highest BCUT2D eigenvalue weighted by molar-refractivity contribution is 5.87. The number of piperidine rings is 1. The van der Waals surface area contributed by atoms with Gasteiger partial charge in [-0.25, -0.2) is 0 Å². The molecule has 2 aliphatic rings. The SMILES string of the molecule is COC(=O)C1CC(=O)N(C2CC(C)(C)N(C)C(C)(C)C2)C1. The Kier molecular flexibility index (Phi) is 4.08. The summed E-state index contributed by atoms with van der Waals surface area (Å²) in [5.74, 6) is -0.475. The maximum absolute atomic E-state index is 12.3. The number of rotatable bonds is 2. The van der Waals surface area contributed by atoms with E-state index in [1.807, 2.05) is 4.90 Å². The average Bonchev–Trinajstić information content (AvgIpc) is 2.76. The zero-order valence-electron chi connectivity index (χ0n) is 14.1. The molecule has 2 heterocycles. The second kappa shape index (κ2) is 5.27. The number of carbonyl (C=O) groups is 2. The van der Waals surface area contributed by atoms with Gasteiger partial charge in [-0.2, -0.15) is 0 Å². The van der Waals surface area contributed by atoms with Crippen molar-refractivity contribution in [2.45, 2.75) is 64.1 Å². The Balaban J connectivity index is 2.15. The van der Waals surface area contributed by atoms with Gasteiger partial charge in [-0.15, -0.1) is 0 Å². The molecule has 2 rings (SSSR count). The van der Waals surface area contributed by atoms with Crippen molar-refractivity contribution >= 4 is 11.9 Å². The van der Waals surface area contributed by atoms with Gasteiger partial charge in [0.05, 0.1) is 13.0 Å². The Morgan fingerprint density at radius 3 is 2.19 bits per heavy atom. The summed E-state index contributed by atoms with van der Waals surface area (Å²) in [5.41, 5.74) is 0.0755. The molecule has 0 spiro atoms. The van der Waals surface area contributed by atoms with Crippen LogP contribution in [0.25, 0.3) is 0 Å². The van der Waals surface area contributed by atoms with Gasteiger partial charge in [0.15, 0.2) is 0 Å². The number of hydrogen-bond acceptors (Lipinski definition) is 4. The molecule has 1 unspecified atom stereocenters. The molecule has 0 aromatic heterocycles. The molecule has 0 saturated carbocycles. The molecule has 0 bridgehead atoms. The predicted molar refractivity (Wildman–Crippen MR) is 80.8 cm³/mol. The van der Waals surface area contributed by atoms with Crippen LogP contribution in [0.3, 0.4) is 0 Å². The fraction of sp³-hybridized carbons (Fsp3) is 0.875. The Labute approximate surface area is 127 Å². The summed E-state index contributed by atoms with van der Waals surface area (Å²) in [4.78, 5) is 28.3. The number of ether oxygens (including phenoxy) is 1. The molecule has 120 valence electrons. The van der Waals surface area contributed by atoms with Gasteiger partial charge in [0.1, 0.15) is 0 Å². The van der Waals surface area contributed by atoms with Crippen molar-refractivity contribution in [2.24, 2.45) is 5.92 Å². The lowest BCUT2D eigenvalue weighted by molar-refractivity contribution is -0.145. The third-order valence-corrected chi connectivity index (χ3v) is 5.42. The minimum atomic E-state index is -0.298. The summed E-state index contributed by atoms with van der Waals surface area (Å²) in [6.07, 6.45) is 2.17. The van der Waals surface area contributed by atoms with E-state index in [4.69, 9.17) is 4.74 Å². The number of esters is 1. The number of hydrogen-bond donors (Lipinski definition) is 0. The van der Waals surface area contributed by atoms with Gasteiger partial charge in [-0.3, -0.25) is 14.5 Å². The quantitative estimate of drug-likeness (QED) is 0.727. The Hall–Kier alpha value is -1.10. The molecule has 5 heteroatoms. The summed E-state index contributed by atoms with van der Waals surface area (Å²) < 4.78 is 4.79. The second-order valence-electron chi connectivity index (χ2n) is 7.72. The molecule has 0 aromatic carbocycles. The van der Waals surface area contributed by atoms with Crippen molar-refractivity contribution < 1.29 is 14.3 Å². The molecule has 0 aliphatic carbocycles.